The maximum absolute atomic E-state index is 12.7. The topological polar surface area (TPSA) is 38.0 Å². The molecule has 1 rings (SSSR count). The molecule has 1 aromatic carbocycles. The second kappa shape index (κ2) is 2.74. The van der Waals surface area contributed by atoms with Crippen molar-refractivity contribution in [2.75, 3.05) is 18.1 Å². The number of hydrogen-bond acceptors (Lipinski definition) is 2. The maximum Gasteiger partial charge on any atom is 0.151 e. The summed E-state index contributed by atoms with van der Waals surface area (Å²) in [6.45, 7) is 0. The van der Waals surface area contributed by atoms with Gasteiger partial charge < -0.3 is 11.1 Å². The Morgan fingerprint density at radius 3 is 2.09 bits per heavy atom. The summed E-state index contributed by atoms with van der Waals surface area (Å²) in [4.78, 5) is 0. The Morgan fingerprint density at radius 2 is 1.73 bits per heavy atom. The van der Waals surface area contributed by atoms with Crippen molar-refractivity contribution in [3.05, 3.63) is 23.8 Å². The second-order valence-corrected chi connectivity index (χ2v) is 2.11. The largest absolute Gasteiger partial charge is 0.399 e. The molecule has 0 aliphatic heterocycles. The summed E-state index contributed by atoms with van der Waals surface area (Å²) in [5.74, 6) is -1.35. The summed E-state index contributed by atoms with van der Waals surface area (Å²) in [5.41, 5.74) is 5.10. The van der Waals surface area contributed by atoms with Crippen LogP contribution in [-0.2, 0) is 0 Å². The molecule has 0 saturated carbocycles. The van der Waals surface area contributed by atoms with Gasteiger partial charge in [-0.15, -0.1) is 0 Å². The van der Waals surface area contributed by atoms with Crippen molar-refractivity contribution < 1.29 is 8.78 Å². The third-order valence-electron chi connectivity index (χ3n) is 1.31. The van der Waals surface area contributed by atoms with E-state index in [1.54, 1.807) is 0 Å². The molecule has 0 aromatic heterocycles. The first kappa shape index (κ1) is 7.78. The monoisotopic (exact) mass is 158 g/mol. The molecule has 0 amide bonds. The van der Waals surface area contributed by atoms with Crippen LogP contribution in [0, 0.1) is 11.6 Å². The van der Waals surface area contributed by atoms with E-state index in [0.717, 1.165) is 12.1 Å². The second-order valence-electron chi connectivity index (χ2n) is 2.11. The van der Waals surface area contributed by atoms with Crippen LogP contribution in [0.3, 0.4) is 0 Å². The highest BCUT2D eigenvalue weighted by Crippen LogP contribution is 2.20. The predicted octanol–water partition coefficient (Wildman–Crippen LogP) is 1.59. The van der Waals surface area contributed by atoms with Crippen molar-refractivity contribution in [2.24, 2.45) is 0 Å². The maximum atomic E-state index is 12.7. The molecule has 0 fully saturated rings. The molecule has 60 valence electrons. The fourth-order valence-corrected chi connectivity index (χ4v) is 0.832. The third-order valence-corrected chi connectivity index (χ3v) is 1.31. The Bertz CT molecular complexity index is 250. The summed E-state index contributed by atoms with van der Waals surface area (Å²) in [7, 11) is 1.44. The zero-order chi connectivity index (χ0) is 8.43. The number of halogens is 2. The molecule has 0 bridgehead atoms. The van der Waals surface area contributed by atoms with Crippen LogP contribution >= 0.6 is 0 Å². The summed E-state index contributed by atoms with van der Waals surface area (Å²) >= 11 is 0. The van der Waals surface area contributed by atoms with Crippen molar-refractivity contribution in [1.82, 2.24) is 0 Å². The fourth-order valence-electron chi connectivity index (χ4n) is 0.832. The highest BCUT2D eigenvalue weighted by Gasteiger charge is 2.06. The first-order valence-electron chi connectivity index (χ1n) is 3.07. The van der Waals surface area contributed by atoms with E-state index in [9.17, 15) is 8.78 Å². The number of nitrogens with two attached hydrogens (primary N) is 1. The van der Waals surface area contributed by atoms with E-state index in [2.05, 4.69) is 5.32 Å². The lowest BCUT2D eigenvalue weighted by Crippen LogP contribution is -1.98. The Hall–Kier alpha value is -1.32. The van der Waals surface area contributed by atoms with Gasteiger partial charge in [0.05, 0.1) is 0 Å². The van der Waals surface area contributed by atoms with Gasteiger partial charge in [-0.2, -0.15) is 0 Å². The van der Waals surface area contributed by atoms with E-state index in [-0.39, 0.29) is 11.4 Å². The molecule has 0 saturated heterocycles. The first-order chi connectivity index (χ1) is 5.15. The molecule has 2 nitrogen and oxygen atoms in total. The van der Waals surface area contributed by atoms with Crippen LogP contribution in [0.15, 0.2) is 12.1 Å². The Kier molecular flexibility index (Phi) is 1.94. The zero-order valence-electron chi connectivity index (χ0n) is 5.99. The molecule has 3 N–H and O–H groups in total. The highest BCUT2D eigenvalue weighted by molar-refractivity contribution is 5.53. The molecule has 0 heterocycles. The van der Waals surface area contributed by atoms with Gasteiger partial charge in [0.25, 0.3) is 0 Å². The molecular weight excluding hydrogens is 150 g/mol. The number of anilines is 2. The van der Waals surface area contributed by atoms with Gasteiger partial charge in [-0.3, -0.25) is 0 Å². The van der Waals surface area contributed by atoms with Crippen LogP contribution in [-0.4, -0.2) is 7.05 Å². The smallest absolute Gasteiger partial charge is 0.151 e. The number of benzene rings is 1. The molecular formula is C7H8F2N2. The standard InChI is InChI=1S/C7H8F2N2/c1-11-7-5(8)2-4(10)3-6(7)9/h2-3,11H,10H2,1H3. The van der Waals surface area contributed by atoms with Gasteiger partial charge in [-0.05, 0) is 12.1 Å². The summed E-state index contributed by atoms with van der Waals surface area (Å²) < 4.78 is 25.5. The van der Waals surface area contributed by atoms with Gasteiger partial charge in [0.1, 0.15) is 5.69 Å². The van der Waals surface area contributed by atoms with Crippen LogP contribution < -0.4 is 11.1 Å². The Labute approximate surface area is 63.0 Å². The molecule has 0 atom stereocenters. The average Bonchev–Trinajstić information content (AvgIpc) is 1.85. The van der Waals surface area contributed by atoms with E-state index < -0.39 is 11.6 Å². The number of hydrogen-bond donors (Lipinski definition) is 2. The van der Waals surface area contributed by atoms with E-state index in [4.69, 9.17) is 5.73 Å². The molecule has 0 radical (unpaired) electrons. The van der Waals surface area contributed by atoms with Gasteiger partial charge in [0, 0.05) is 12.7 Å². The highest BCUT2D eigenvalue weighted by atomic mass is 19.1. The minimum Gasteiger partial charge on any atom is -0.399 e. The predicted molar refractivity (Wildman–Crippen MR) is 40.3 cm³/mol. The quantitative estimate of drug-likeness (QED) is 0.609. The summed E-state index contributed by atoms with van der Waals surface area (Å²) in [5, 5.41) is 2.39. The molecule has 0 unspecified atom stereocenters. The van der Waals surface area contributed by atoms with Crippen molar-refractivity contribution in [1.29, 1.82) is 0 Å². The van der Waals surface area contributed by atoms with Crippen molar-refractivity contribution >= 4 is 11.4 Å². The Morgan fingerprint density at radius 1 is 1.27 bits per heavy atom. The van der Waals surface area contributed by atoms with Crippen LogP contribution in [0.2, 0.25) is 0 Å². The van der Waals surface area contributed by atoms with Gasteiger partial charge >= 0.3 is 0 Å². The van der Waals surface area contributed by atoms with E-state index in [0.29, 0.717) is 0 Å². The normalized spacial score (nSPS) is 9.73. The van der Waals surface area contributed by atoms with Crippen molar-refractivity contribution in [2.45, 2.75) is 0 Å². The Balaban J connectivity index is 3.25. The van der Waals surface area contributed by atoms with Gasteiger partial charge in [0.2, 0.25) is 0 Å². The van der Waals surface area contributed by atoms with Crippen molar-refractivity contribution in [3.63, 3.8) is 0 Å². The molecule has 11 heavy (non-hydrogen) atoms. The minimum atomic E-state index is -0.676. The average molecular weight is 158 g/mol. The lowest BCUT2D eigenvalue weighted by Gasteiger charge is -2.03. The molecule has 4 heteroatoms. The van der Waals surface area contributed by atoms with Crippen LogP contribution in [0.5, 0.6) is 0 Å². The molecule has 0 spiro atoms. The number of rotatable bonds is 1. The van der Waals surface area contributed by atoms with Gasteiger partial charge in [-0.1, -0.05) is 0 Å². The van der Waals surface area contributed by atoms with E-state index >= 15 is 0 Å². The van der Waals surface area contributed by atoms with Crippen LogP contribution in [0.25, 0.3) is 0 Å². The SMILES string of the molecule is CNc1c(F)cc(N)cc1F. The van der Waals surface area contributed by atoms with E-state index in [1.165, 1.54) is 7.05 Å². The molecule has 0 aliphatic rings. The summed E-state index contributed by atoms with van der Waals surface area (Å²) in [6, 6.07) is 2.13. The number of nitrogens with one attached hydrogen (secondary N) is 1. The van der Waals surface area contributed by atoms with Gasteiger partial charge in [0.15, 0.2) is 11.6 Å². The van der Waals surface area contributed by atoms with Crippen molar-refractivity contribution in [3.8, 4) is 0 Å². The molecule has 1 aromatic rings. The fraction of sp³-hybridized carbons (Fsp3) is 0.143. The summed E-state index contributed by atoms with van der Waals surface area (Å²) in [6.07, 6.45) is 0. The number of nitrogen functional groups attached to an aromatic ring is 1. The lowest BCUT2D eigenvalue weighted by molar-refractivity contribution is 0.591. The lowest BCUT2D eigenvalue weighted by atomic mass is 10.2. The first-order valence-corrected chi connectivity index (χ1v) is 3.07. The molecule has 0 aliphatic carbocycles. The van der Waals surface area contributed by atoms with Gasteiger partial charge in [-0.25, -0.2) is 8.78 Å². The third kappa shape index (κ3) is 1.39. The zero-order valence-corrected chi connectivity index (χ0v) is 5.99. The van der Waals surface area contributed by atoms with Crippen LogP contribution in [0.4, 0.5) is 20.2 Å². The van der Waals surface area contributed by atoms with Crippen LogP contribution in [0.1, 0.15) is 0 Å². The van der Waals surface area contributed by atoms with E-state index in [1.807, 2.05) is 0 Å². The minimum absolute atomic E-state index is 0.0824.